The Bertz CT molecular complexity index is 615. The quantitative estimate of drug-likeness (QED) is 0.799. The Kier molecular flexibility index (Phi) is 5.14. The van der Waals surface area contributed by atoms with Crippen molar-refractivity contribution in [2.45, 2.75) is 25.9 Å². The summed E-state index contributed by atoms with van der Waals surface area (Å²) >= 11 is 0. The van der Waals surface area contributed by atoms with E-state index in [0.717, 1.165) is 6.07 Å². The summed E-state index contributed by atoms with van der Waals surface area (Å²) in [5.41, 5.74) is -1.02. The number of anilines is 1. The summed E-state index contributed by atoms with van der Waals surface area (Å²) in [4.78, 5) is 13.4. The number of rotatable bonds is 3. The number of piperidine rings is 1. The molecule has 0 amide bonds. The predicted octanol–water partition coefficient (Wildman–Crippen LogP) is 3.36. The van der Waals surface area contributed by atoms with Gasteiger partial charge in [0.25, 0.3) is 0 Å². The minimum atomic E-state index is -4.57. The lowest BCUT2D eigenvalue weighted by molar-refractivity contribution is -0.148. The summed E-state index contributed by atoms with van der Waals surface area (Å²) < 4.78 is 44.0. The lowest BCUT2D eigenvalue weighted by Crippen LogP contribution is -2.37. The molecule has 0 N–H and O–H groups in total. The van der Waals surface area contributed by atoms with Crippen LogP contribution < -0.4 is 4.90 Å². The second kappa shape index (κ2) is 6.90. The Morgan fingerprint density at radius 2 is 2.04 bits per heavy atom. The first-order chi connectivity index (χ1) is 10.9. The molecular weight excluding hydrogens is 309 g/mol. The van der Waals surface area contributed by atoms with E-state index in [4.69, 9.17) is 10.00 Å². The maximum atomic E-state index is 13.0. The summed E-state index contributed by atoms with van der Waals surface area (Å²) in [6.07, 6.45) is -3.57. The molecule has 1 fully saturated rings. The average molecular weight is 326 g/mol. The highest BCUT2D eigenvalue weighted by Gasteiger charge is 2.36. The number of hydrogen-bond acceptors (Lipinski definition) is 4. The SMILES string of the molecule is CCOC(=O)C1CCN(c2cccc(C(F)(F)F)c2C#N)CC1. The molecule has 1 saturated heterocycles. The minimum absolute atomic E-state index is 0.234. The van der Waals surface area contributed by atoms with E-state index < -0.39 is 11.7 Å². The fraction of sp³-hybridized carbons (Fsp3) is 0.500. The molecule has 4 nitrogen and oxygen atoms in total. The van der Waals surface area contributed by atoms with E-state index in [1.54, 1.807) is 17.9 Å². The monoisotopic (exact) mass is 326 g/mol. The maximum absolute atomic E-state index is 13.0. The number of esters is 1. The fourth-order valence-corrected chi connectivity index (χ4v) is 2.77. The first-order valence-electron chi connectivity index (χ1n) is 7.40. The van der Waals surface area contributed by atoms with E-state index in [0.29, 0.717) is 32.5 Å². The van der Waals surface area contributed by atoms with E-state index in [2.05, 4.69) is 0 Å². The van der Waals surface area contributed by atoms with Crippen molar-refractivity contribution in [1.82, 2.24) is 0 Å². The molecule has 124 valence electrons. The Hall–Kier alpha value is -2.23. The lowest BCUT2D eigenvalue weighted by atomic mass is 9.95. The van der Waals surface area contributed by atoms with Gasteiger partial charge in [-0.25, -0.2) is 0 Å². The molecule has 2 rings (SSSR count). The van der Waals surface area contributed by atoms with Gasteiger partial charge in [-0.05, 0) is 31.9 Å². The minimum Gasteiger partial charge on any atom is -0.466 e. The molecule has 0 radical (unpaired) electrons. The molecule has 1 aliphatic rings. The number of nitrogens with zero attached hydrogens (tertiary/aromatic N) is 2. The van der Waals surface area contributed by atoms with E-state index in [1.807, 2.05) is 0 Å². The molecule has 1 aromatic carbocycles. The second-order valence-electron chi connectivity index (χ2n) is 5.32. The van der Waals surface area contributed by atoms with Crippen molar-refractivity contribution in [2.75, 3.05) is 24.6 Å². The van der Waals surface area contributed by atoms with Crippen LogP contribution in [0.3, 0.4) is 0 Å². The molecule has 1 aromatic rings. The molecule has 1 aliphatic heterocycles. The molecule has 0 bridgehead atoms. The summed E-state index contributed by atoms with van der Waals surface area (Å²) in [5.74, 6) is -0.501. The summed E-state index contributed by atoms with van der Waals surface area (Å²) in [6.45, 7) is 2.87. The van der Waals surface area contributed by atoms with Crippen molar-refractivity contribution in [2.24, 2.45) is 5.92 Å². The molecule has 1 heterocycles. The molecule has 23 heavy (non-hydrogen) atoms. The van der Waals surface area contributed by atoms with Crippen molar-refractivity contribution in [1.29, 1.82) is 5.26 Å². The van der Waals surface area contributed by atoms with Crippen LogP contribution >= 0.6 is 0 Å². The highest BCUT2D eigenvalue weighted by atomic mass is 19.4. The third-order valence-electron chi connectivity index (χ3n) is 3.92. The second-order valence-corrected chi connectivity index (χ2v) is 5.32. The molecule has 0 spiro atoms. The van der Waals surface area contributed by atoms with Crippen LogP contribution in [0.1, 0.15) is 30.9 Å². The molecule has 0 aromatic heterocycles. The molecular formula is C16H17F3N2O2. The van der Waals surface area contributed by atoms with E-state index in [9.17, 15) is 18.0 Å². The smallest absolute Gasteiger partial charge is 0.417 e. The van der Waals surface area contributed by atoms with Crippen LogP contribution in [-0.2, 0) is 15.7 Å². The van der Waals surface area contributed by atoms with Crippen molar-refractivity contribution in [3.05, 3.63) is 29.3 Å². The van der Waals surface area contributed by atoms with Crippen molar-refractivity contribution < 1.29 is 22.7 Å². The molecule has 0 aliphatic carbocycles. The zero-order chi connectivity index (χ0) is 17.0. The summed E-state index contributed by atoms with van der Waals surface area (Å²) in [5, 5.41) is 9.15. The van der Waals surface area contributed by atoms with Gasteiger partial charge in [0.2, 0.25) is 0 Å². The lowest BCUT2D eigenvalue weighted by Gasteiger charge is -2.33. The van der Waals surface area contributed by atoms with Crippen LogP contribution in [0.2, 0.25) is 0 Å². The van der Waals surface area contributed by atoms with Gasteiger partial charge in [-0.1, -0.05) is 6.07 Å². The highest BCUT2D eigenvalue weighted by molar-refractivity contribution is 5.73. The van der Waals surface area contributed by atoms with Gasteiger partial charge < -0.3 is 9.64 Å². The van der Waals surface area contributed by atoms with Gasteiger partial charge in [-0.3, -0.25) is 4.79 Å². The van der Waals surface area contributed by atoms with Crippen LogP contribution in [0, 0.1) is 17.2 Å². The fourth-order valence-electron chi connectivity index (χ4n) is 2.77. The Morgan fingerprint density at radius 3 is 2.57 bits per heavy atom. The largest absolute Gasteiger partial charge is 0.466 e. The summed E-state index contributed by atoms with van der Waals surface area (Å²) in [6, 6.07) is 5.39. The first-order valence-corrected chi connectivity index (χ1v) is 7.40. The number of hydrogen-bond donors (Lipinski definition) is 0. The predicted molar refractivity (Wildman–Crippen MR) is 77.7 cm³/mol. The number of halogens is 3. The molecule has 0 unspecified atom stereocenters. The number of ether oxygens (including phenoxy) is 1. The number of carbonyl (C=O) groups excluding carboxylic acids is 1. The third-order valence-corrected chi connectivity index (χ3v) is 3.92. The molecule has 0 atom stereocenters. The zero-order valence-corrected chi connectivity index (χ0v) is 12.7. The highest BCUT2D eigenvalue weighted by Crippen LogP contribution is 2.37. The van der Waals surface area contributed by atoms with Crippen LogP contribution in [0.4, 0.5) is 18.9 Å². The normalized spacial score (nSPS) is 16.0. The number of alkyl halides is 3. The van der Waals surface area contributed by atoms with Crippen LogP contribution in [0.25, 0.3) is 0 Å². The van der Waals surface area contributed by atoms with Crippen LogP contribution in [0.5, 0.6) is 0 Å². The van der Waals surface area contributed by atoms with Crippen LogP contribution in [-0.4, -0.2) is 25.7 Å². The van der Waals surface area contributed by atoms with Gasteiger partial charge in [-0.15, -0.1) is 0 Å². The Morgan fingerprint density at radius 1 is 1.39 bits per heavy atom. The van der Waals surface area contributed by atoms with Crippen molar-refractivity contribution >= 4 is 11.7 Å². The topological polar surface area (TPSA) is 53.3 Å². The zero-order valence-electron chi connectivity index (χ0n) is 12.7. The maximum Gasteiger partial charge on any atom is 0.417 e. The number of nitriles is 1. The molecule has 0 saturated carbocycles. The van der Waals surface area contributed by atoms with Gasteiger partial charge in [0.05, 0.1) is 29.3 Å². The number of benzene rings is 1. The van der Waals surface area contributed by atoms with E-state index >= 15 is 0 Å². The average Bonchev–Trinajstić information content (AvgIpc) is 2.53. The first kappa shape index (κ1) is 17.1. The van der Waals surface area contributed by atoms with Crippen LogP contribution in [0.15, 0.2) is 18.2 Å². The van der Waals surface area contributed by atoms with Gasteiger partial charge in [-0.2, -0.15) is 18.4 Å². The van der Waals surface area contributed by atoms with Crippen molar-refractivity contribution in [3.63, 3.8) is 0 Å². The Labute approximate surface area is 132 Å². The summed E-state index contributed by atoms with van der Waals surface area (Å²) in [7, 11) is 0. The van der Waals surface area contributed by atoms with Gasteiger partial charge in [0.1, 0.15) is 6.07 Å². The van der Waals surface area contributed by atoms with Crippen molar-refractivity contribution in [3.8, 4) is 6.07 Å². The van der Waals surface area contributed by atoms with Gasteiger partial charge >= 0.3 is 12.1 Å². The van der Waals surface area contributed by atoms with E-state index in [1.165, 1.54) is 12.1 Å². The van der Waals surface area contributed by atoms with E-state index in [-0.39, 0.29) is 23.1 Å². The third kappa shape index (κ3) is 3.76. The number of carbonyl (C=O) groups is 1. The Balaban J connectivity index is 2.19. The molecule has 7 heteroatoms. The van der Waals surface area contributed by atoms with Gasteiger partial charge in [0, 0.05) is 13.1 Å². The van der Waals surface area contributed by atoms with Gasteiger partial charge in [0.15, 0.2) is 0 Å². The standard InChI is InChI=1S/C16H17F3N2O2/c1-2-23-15(22)11-6-8-21(9-7-11)14-5-3-4-13(12(14)10-20)16(17,18)19/h3-5,11H,2,6-9H2,1H3.